The van der Waals surface area contributed by atoms with Gasteiger partial charge in [0.1, 0.15) is 0 Å². The molecule has 4 heteroatoms. The molecule has 0 aromatic carbocycles. The number of hydrogen-bond donors (Lipinski definition) is 1. The number of likely N-dealkylation sites (N-methyl/N-ethyl adjacent to an activating group) is 2. The van der Waals surface area contributed by atoms with E-state index in [0.29, 0.717) is 12.6 Å². The van der Waals surface area contributed by atoms with E-state index < -0.39 is 0 Å². The van der Waals surface area contributed by atoms with Crippen molar-refractivity contribution >= 4 is 5.91 Å². The van der Waals surface area contributed by atoms with Gasteiger partial charge in [-0.05, 0) is 20.5 Å². The van der Waals surface area contributed by atoms with Gasteiger partial charge < -0.3 is 10.2 Å². The molecule has 1 rings (SSSR count). The molecule has 1 atom stereocenters. The first kappa shape index (κ1) is 11.5. The predicted molar refractivity (Wildman–Crippen MR) is 57.2 cm³/mol. The Labute approximate surface area is 86.2 Å². The number of carbonyl (C=O) groups is 1. The van der Waals surface area contributed by atoms with Crippen LogP contribution in [0.4, 0.5) is 0 Å². The van der Waals surface area contributed by atoms with E-state index in [2.05, 4.69) is 24.1 Å². The van der Waals surface area contributed by atoms with Gasteiger partial charge in [-0.25, -0.2) is 0 Å². The molecule has 0 saturated carbocycles. The van der Waals surface area contributed by atoms with Gasteiger partial charge in [0, 0.05) is 25.7 Å². The summed E-state index contributed by atoms with van der Waals surface area (Å²) in [5, 5.41) is 3.15. The van der Waals surface area contributed by atoms with Crippen LogP contribution in [0.2, 0.25) is 0 Å². The van der Waals surface area contributed by atoms with Crippen molar-refractivity contribution in [3.8, 4) is 0 Å². The Morgan fingerprint density at radius 3 is 2.71 bits per heavy atom. The van der Waals surface area contributed by atoms with E-state index in [1.54, 1.807) is 0 Å². The third kappa shape index (κ3) is 2.96. The molecule has 1 unspecified atom stereocenters. The predicted octanol–water partition coefficient (Wildman–Crippen LogP) is -0.242. The molecule has 1 saturated heterocycles. The van der Waals surface area contributed by atoms with E-state index in [1.807, 2.05) is 11.9 Å². The monoisotopic (exact) mass is 199 g/mol. The van der Waals surface area contributed by atoms with E-state index >= 15 is 0 Å². The third-order valence-electron chi connectivity index (χ3n) is 2.83. The largest absolute Gasteiger partial charge is 0.339 e. The van der Waals surface area contributed by atoms with Crippen LogP contribution in [0, 0.1) is 0 Å². The topological polar surface area (TPSA) is 35.6 Å². The molecular weight excluding hydrogens is 178 g/mol. The molecule has 1 aliphatic heterocycles. The Morgan fingerprint density at radius 2 is 2.21 bits per heavy atom. The summed E-state index contributed by atoms with van der Waals surface area (Å²) in [7, 11) is 1.93. The molecule has 0 aromatic rings. The van der Waals surface area contributed by atoms with E-state index in [9.17, 15) is 4.79 Å². The Hall–Kier alpha value is -0.610. The summed E-state index contributed by atoms with van der Waals surface area (Å²) in [6.07, 6.45) is 0. The van der Waals surface area contributed by atoms with Crippen LogP contribution < -0.4 is 5.32 Å². The van der Waals surface area contributed by atoms with Crippen LogP contribution in [0.5, 0.6) is 0 Å². The molecule has 4 nitrogen and oxygen atoms in total. The molecule has 0 aliphatic carbocycles. The quantitative estimate of drug-likeness (QED) is 0.678. The molecule has 1 amide bonds. The maximum absolute atomic E-state index is 11.7. The van der Waals surface area contributed by atoms with Crippen LogP contribution in [-0.2, 0) is 4.79 Å². The fraction of sp³-hybridized carbons (Fsp3) is 0.900. The highest BCUT2D eigenvalue weighted by molar-refractivity contribution is 5.79. The van der Waals surface area contributed by atoms with Gasteiger partial charge in [0.25, 0.3) is 0 Å². The Bertz CT molecular complexity index is 196. The van der Waals surface area contributed by atoms with Gasteiger partial charge >= 0.3 is 0 Å². The minimum Gasteiger partial charge on any atom is -0.339 e. The van der Waals surface area contributed by atoms with Crippen LogP contribution in [0.25, 0.3) is 0 Å². The van der Waals surface area contributed by atoms with Crippen molar-refractivity contribution < 1.29 is 4.79 Å². The zero-order valence-corrected chi connectivity index (χ0v) is 9.42. The van der Waals surface area contributed by atoms with Crippen molar-refractivity contribution in [1.82, 2.24) is 15.1 Å². The summed E-state index contributed by atoms with van der Waals surface area (Å²) in [6.45, 7) is 8.47. The van der Waals surface area contributed by atoms with Gasteiger partial charge in [0.2, 0.25) is 5.91 Å². The van der Waals surface area contributed by atoms with Crippen molar-refractivity contribution in [3.05, 3.63) is 0 Å². The molecule has 0 bridgehead atoms. The minimum atomic E-state index is 0.264. The van der Waals surface area contributed by atoms with E-state index in [1.165, 1.54) is 0 Å². The summed E-state index contributed by atoms with van der Waals surface area (Å²) in [6, 6.07) is 0.382. The van der Waals surface area contributed by atoms with Crippen LogP contribution in [0.3, 0.4) is 0 Å². The maximum atomic E-state index is 11.7. The average Bonchev–Trinajstić information content (AvgIpc) is 2.20. The Morgan fingerprint density at radius 1 is 1.50 bits per heavy atom. The number of carbonyl (C=O) groups excluding carboxylic acids is 1. The third-order valence-corrected chi connectivity index (χ3v) is 2.83. The smallest absolute Gasteiger partial charge is 0.236 e. The summed E-state index contributed by atoms with van der Waals surface area (Å²) in [4.78, 5) is 15.8. The van der Waals surface area contributed by atoms with E-state index in [0.717, 1.165) is 26.2 Å². The molecule has 82 valence electrons. The van der Waals surface area contributed by atoms with Crippen LogP contribution >= 0.6 is 0 Å². The second-order valence-corrected chi connectivity index (χ2v) is 3.90. The minimum absolute atomic E-state index is 0.264. The van der Waals surface area contributed by atoms with Crippen molar-refractivity contribution in [1.29, 1.82) is 0 Å². The van der Waals surface area contributed by atoms with Gasteiger partial charge in [-0.15, -0.1) is 0 Å². The normalized spacial score (nSPS) is 21.4. The molecule has 0 radical (unpaired) electrons. The SMILES string of the molecule is CCN1CCN(CC(C)NC)C(=O)C1. The fourth-order valence-corrected chi connectivity index (χ4v) is 1.64. The van der Waals surface area contributed by atoms with Crippen molar-refractivity contribution in [2.24, 2.45) is 0 Å². The molecular formula is C10H21N3O. The van der Waals surface area contributed by atoms with Crippen molar-refractivity contribution in [3.63, 3.8) is 0 Å². The van der Waals surface area contributed by atoms with E-state index in [-0.39, 0.29) is 5.91 Å². The number of amides is 1. The lowest BCUT2D eigenvalue weighted by Gasteiger charge is -2.35. The number of rotatable bonds is 4. The molecule has 1 heterocycles. The fourth-order valence-electron chi connectivity index (χ4n) is 1.64. The van der Waals surface area contributed by atoms with Gasteiger partial charge in [-0.1, -0.05) is 6.92 Å². The average molecular weight is 199 g/mol. The molecule has 0 aromatic heterocycles. The Balaban J connectivity index is 2.38. The van der Waals surface area contributed by atoms with Gasteiger partial charge in [-0.3, -0.25) is 9.69 Å². The van der Waals surface area contributed by atoms with Crippen LogP contribution in [0.15, 0.2) is 0 Å². The Kier molecular flexibility index (Phi) is 4.35. The number of piperazine rings is 1. The van der Waals surface area contributed by atoms with Crippen LogP contribution in [-0.4, -0.2) is 61.5 Å². The van der Waals surface area contributed by atoms with Gasteiger partial charge in [0.15, 0.2) is 0 Å². The van der Waals surface area contributed by atoms with Crippen molar-refractivity contribution in [2.75, 3.05) is 39.8 Å². The van der Waals surface area contributed by atoms with Gasteiger partial charge in [-0.2, -0.15) is 0 Å². The zero-order chi connectivity index (χ0) is 10.6. The molecule has 1 N–H and O–H groups in total. The summed E-state index contributed by atoms with van der Waals surface area (Å²) in [5.41, 5.74) is 0. The first-order chi connectivity index (χ1) is 6.67. The second-order valence-electron chi connectivity index (χ2n) is 3.90. The summed E-state index contributed by atoms with van der Waals surface area (Å²) < 4.78 is 0. The maximum Gasteiger partial charge on any atom is 0.236 e. The molecule has 0 spiro atoms. The highest BCUT2D eigenvalue weighted by Crippen LogP contribution is 2.03. The standard InChI is InChI=1S/C10H21N3O/c1-4-12-5-6-13(10(14)8-12)7-9(2)11-3/h9,11H,4-8H2,1-3H3. The summed E-state index contributed by atoms with van der Waals surface area (Å²) in [5.74, 6) is 0.264. The highest BCUT2D eigenvalue weighted by Gasteiger charge is 2.23. The number of hydrogen-bond acceptors (Lipinski definition) is 3. The second kappa shape index (κ2) is 5.32. The first-order valence-corrected chi connectivity index (χ1v) is 5.34. The number of nitrogens with zero attached hydrogens (tertiary/aromatic N) is 2. The summed E-state index contributed by atoms with van der Waals surface area (Å²) >= 11 is 0. The first-order valence-electron chi connectivity index (χ1n) is 5.34. The lowest BCUT2D eigenvalue weighted by molar-refractivity contribution is -0.136. The lowest BCUT2D eigenvalue weighted by Crippen LogP contribution is -2.53. The van der Waals surface area contributed by atoms with Crippen LogP contribution in [0.1, 0.15) is 13.8 Å². The van der Waals surface area contributed by atoms with Gasteiger partial charge in [0.05, 0.1) is 6.54 Å². The number of nitrogens with one attached hydrogen (secondary N) is 1. The molecule has 1 fully saturated rings. The molecule has 1 aliphatic rings. The van der Waals surface area contributed by atoms with E-state index in [4.69, 9.17) is 0 Å². The van der Waals surface area contributed by atoms with Crippen molar-refractivity contribution in [2.45, 2.75) is 19.9 Å². The molecule has 14 heavy (non-hydrogen) atoms. The zero-order valence-electron chi connectivity index (χ0n) is 9.42. The lowest BCUT2D eigenvalue weighted by atomic mass is 10.2. The highest BCUT2D eigenvalue weighted by atomic mass is 16.2.